The van der Waals surface area contributed by atoms with E-state index < -0.39 is 6.04 Å². The minimum absolute atomic E-state index is 0.0700. The van der Waals surface area contributed by atoms with Crippen molar-refractivity contribution in [3.8, 4) is 28.5 Å². The lowest BCUT2D eigenvalue weighted by Crippen LogP contribution is -2.60. The molecule has 1 saturated carbocycles. The number of carbonyl (C=O) groups is 3. The van der Waals surface area contributed by atoms with Gasteiger partial charge in [-0.15, -0.1) is 0 Å². The fraction of sp³-hybridized carbons (Fsp3) is 0.521. The zero-order valence-corrected chi connectivity index (χ0v) is 36.0. The third kappa shape index (κ3) is 8.02. The first-order valence-corrected chi connectivity index (χ1v) is 22.0. The Balaban J connectivity index is 0.770. The summed E-state index contributed by atoms with van der Waals surface area (Å²) < 4.78 is 19.0. The number of Topliss-reactive ketones (excluding diaryl/α,β-unsaturated/α-hetero) is 2. The Morgan fingerprint density at radius 1 is 0.787 bits per heavy atom. The summed E-state index contributed by atoms with van der Waals surface area (Å²) in [5.74, 6) is 2.83. The first kappa shape index (κ1) is 41.1. The van der Waals surface area contributed by atoms with E-state index in [1.165, 1.54) is 12.8 Å². The molecule has 2 aromatic heterocycles. The molecule has 0 N–H and O–H groups in total. The SMILES string of the molecule is COc1cc2c(-c3cc(OC)c(CN4CCC(CN5CCC6(CC5)CN(c5ccc7c(c5)C(=O)N(C5CCC(=O)CCCC5=O)C7)C6)CC4)c(OC)c3)cn(C)c(=O)c2cn1. The van der Waals surface area contributed by atoms with Crippen LogP contribution in [0.25, 0.3) is 21.9 Å². The number of aryl methyl sites for hydroxylation is 1. The van der Waals surface area contributed by atoms with Crippen molar-refractivity contribution in [3.05, 3.63) is 75.8 Å². The van der Waals surface area contributed by atoms with Crippen molar-refractivity contribution < 1.29 is 28.6 Å². The van der Waals surface area contributed by atoms with Crippen molar-refractivity contribution in [2.75, 3.05) is 72.0 Å². The lowest BCUT2D eigenvalue weighted by atomic mass is 9.71. The van der Waals surface area contributed by atoms with E-state index in [4.69, 9.17) is 14.2 Å². The van der Waals surface area contributed by atoms with Gasteiger partial charge in [0.2, 0.25) is 5.88 Å². The summed E-state index contributed by atoms with van der Waals surface area (Å²) >= 11 is 0. The normalized spacial score (nSPS) is 21.4. The van der Waals surface area contributed by atoms with Crippen molar-refractivity contribution in [2.45, 2.75) is 76.9 Å². The van der Waals surface area contributed by atoms with Gasteiger partial charge in [0.15, 0.2) is 5.78 Å². The van der Waals surface area contributed by atoms with Gasteiger partial charge in [-0.3, -0.25) is 24.1 Å². The van der Waals surface area contributed by atoms with E-state index in [2.05, 4.69) is 31.8 Å². The molecule has 5 aliphatic rings. The molecule has 13 nitrogen and oxygen atoms in total. The van der Waals surface area contributed by atoms with E-state index in [0.717, 1.165) is 110 Å². The van der Waals surface area contributed by atoms with E-state index in [9.17, 15) is 19.2 Å². The number of benzene rings is 2. The number of methoxy groups -OCH3 is 3. The van der Waals surface area contributed by atoms with Gasteiger partial charge in [-0.1, -0.05) is 6.07 Å². The smallest absolute Gasteiger partial charge is 0.259 e. The lowest BCUT2D eigenvalue weighted by Gasteiger charge is -2.55. The van der Waals surface area contributed by atoms with Gasteiger partial charge in [0.05, 0.1) is 38.3 Å². The minimum atomic E-state index is -0.498. The van der Waals surface area contributed by atoms with Gasteiger partial charge in [-0.2, -0.15) is 0 Å². The molecule has 9 rings (SSSR count). The maximum absolute atomic E-state index is 13.6. The summed E-state index contributed by atoms with van der Waals surface area (Å²) in [6, 6.07) is 11.6. The fourth-order valence-electron chi connectivity index (χ4n) is 10.7. The maximum Gasteiger partial charge on any atom is 0.259 e. The number of rotatable bonds is 10. The standard InChI is InChI=1S/C48H58N6O7/c1-50-27-39(37-23-45(61-4)49-24-38(37)46(50)57)33-20-43(59-2)40(44(21-33)60-3)28-51-16-12-31(13-17-51)25-52-18-14-48(15-19-52)29-53(30-48)34-9-8-32-26-54(47(58)36(32)22-34)41-11-10-35(55)6-5-7-42(41)56/h8-9,20-24,27,31,41H,5-7,10-19,25-26,28-30H2,1-4H3. The average molecular weight is 831 g/mol. The van der Waals surface area contributed by atoms with Crippen LogP contribution in [-0.4, -0.2) is 115 Å². The highest BCUT2D eigenvalue weighted by atomic mass is 16.5. The predicted molar refractivity (Wildman–Crippen MR) is 234 cm³/mol. The third-order valence-electron chi connectivity index (χ3n) is 14.4. The molecule has 4 aromatic rings. The molecule has 1 amide bonds. The molecule has 61 heavy (non-hydrogen) atoms. The number of fused-ring (bicyclic) bond motifs is 2. The molecule has 1 spiro atoms. The van der Waals surface area contributed by atoms with Crippen molar-refractivity contribution in [2.24, 2.45) is 18.4 Å². The van der Waals surface area contributed by atoms with E-state index in [-0.39, 0.29) is 23.0 Å². The van der Waals surface area contributed by atoms with E-state index in [1.54, 1.807) is 50.1 Å². The van der Waals surface area contributed by atoms with Gasteiger partial charge in [-0.25, -0.2) is 4.98 Å². The first-order chi connectivity index (χ1) is 29.5. The summed E-state index contributed by atoms with van der Waals surface area (Å²) in [7, 11) is 6.71. The number of carbonyl (C=O) groups excluding carboxylic acids is 3. The van der Waals surface area contributed by atoms with Crippen LogP contribution in [0.3, 0.4) is 0 Å². The van der Waals surface area contributed by atoms with E-state index in [0.29, 0.717) is 66.8 Å². The number of nitrogens with zero attached hydrogens (tertiary/aromatic N) is 6. The maximum atomic E-state index is 13.6. The summed E-state index contributed by atoms with van der Waals surface area (Å²) in [6.07, 6.45) is 10.3. The van der Waals surface area contributed by atoms with Gasteiger partial charge >= 0.3 is 0 Å². The Hall–Kier alpha value is -5.27. The van der Waals surface area contributed by atoms with Gasteiger partial charge in [0, 0.05) is 105 Å². The second-order valence-electron chi connectivity index (χ2n) is 18.2. The Kier molecular flexibility index (Phi) is 11.4. The minimum Gasteiger partial charge on any atom is -0.496 e. The summed E-state index contributed by atoms with van der Waals surface area (Å²) in [5, 5.41) is 1.28. The predicted octanol–water partition coefficient (Wildman–Crippen LogP) is 5.87. The lowest BCUT2D eigenvalue weighted by molar-refractivity contribution is -0.126. The van der Waals surface area contributed by atoms with Gasteiger partial charge in [0.25, 0.3) is 11.5 Å². The number of piperidine rings is 2. The van der Waals surface area contributed by atoms with Crippen LogP contribution in [-0.2, 0) is 29.7 Å². The number of aromatic nitrogens is 2. The topological polar surface area (TPSA) is 127 Å². The molecule has 4 fully saturated rings. The van der Waals surface area contributed by atoms with Crippen molar-refractivity contribution in [1.82, 2.24) is 24.3 Å². The van der Waals surface area contributed by atoms with Crippen LogP contribution in [0.2, 0.25) is 0 Å². The first-order valence-electron chi connectivity index (χ1n) is 22.0. The zero-order valence-electron chi connectivity index (χ0n) is 36.0. The second-order valence-corrected chi connectivity index (χ2v) is 18.2. The Bertz CT molecular complexity index is 2380. The van der Waals surface area contributed by atoms with Crippen LogP contribution in [0.5, 0.6) is 17.4 Å². The highest BCUT2D eigenvalue weighted by Crippen LogP contribution is 2.44. The van der Waals surface area contributed by atoms with Crippen molar-refractivity contribution in [3.63, 3.8) is 0 Å². The number of likely N-dealkylation sites (tertiary alicyclic amines) is 2. The molecule has 4 aliphatic heterocycles. The molecule has 322 valence electrons. The van der Waals surface area contributed by atoms with E-state index >= 15 is 0 Å². The number of hydrogen-bond acceptors (Lipinski definition) is 11. The molecule has 6 heterocycles. The summed E-state index contributed by atoms with van der Waals surface area (Å²) in [4.78, 5) is 65.3. The Labute approximate surface area is 357 Å². The van der Waals surface area contributed by atoms with Crippen LogP contribution in [0, 0.1) is 11.3 Å². The molecule has 2 aromatic carbocycles. The zero-order chi connectivity index (χ0) is 42.4. The molecule has 0 bridgehead atoms. The number of hydrogen-bond donors (Lipinski definition) is 0. The van der Waals surface area contributed by atoms with Gasteiger partial charge < -0.3 is 33.5 Å². The average Bonchev–Trinajstić information content (AvgIpc) is 3.58. The summed E-state index contributed by atoms with van der Waals surface area (Å²) in [5.41, 5.74) is 5.76. The summed E-state index contributed by atoms with van der Waals surface area (Å²) in [6.45, 7) is 8.63. The number of anilines is 1. The van der Waals surface area contributed by atoms with Crippen LogP contribution < -0.4 is 24.7 Å². The molecule has 1 atom stereocenters. The van der Waals surface area contributed by atoms with Crippen LogP contribution in [0.1, 0.15) is 79.3 Å². The molecular weight excluding hydrogens is 773 g/mol. The third-order valence-corrected chi connectivity index (χ3v) is 14.4. The van der Waals surface area contributed by atoms with Gasteiger partial charge in [0.1, 0.15) is 17.3 Å². The monoisotopic (exact) mass is 830 g/mol. The number of ketones is 2. The molecule has 1 unspecified atom stereocenters. The highest BCUT2D eigenvalue weighted by Gasteiger charge is 2.46. The Morgan fingerprint density at radius 2 is 1.52 bits per heavy atom. The number of amides is 1. The molecule has 13 heteroatoms. The van der Waals surface area contributed by atoms with Crippen LogP contribution >= 0.6 is 0 Å². The molecule has 3 saturated heterocycles. The van der Waals surface area contributed by atoms with Crippen LogP contribution in [0.15, 0.2) is 53.6 Å². The largest absolute Gasteiger partial charge is 0.496 e. The second kappa shape index (κ2) is 16.9. The molecule has 0 radical (unpaired) electrons. The van der Waals surface area contributed by atoms with Gasteiger partial charge in [-0.05, 0) is 106 Å². The van der Waals surface area contributed by atoms with Crippen molar-refractivity contribution in [1.29, 1.82) is 0 Å². The quantitative estimate of drug-likeness (QED) is 0.191. The molecular formula is C48H58N6O7. The highest BCUT2D eigenvalue weighted by molar-refractivity contribution is 6.02. The number of pyridine rings is 2. The fourth-order valence-corrected chi connectivity index (χ4v) is 10.7. The van der Waals surface area contributed by atoms with Crippen LogP contribution in [0.4, 0.5) is 5.69 Å². The number of ether oxygens (including phenoxy) is 3. The van der Waals surface area contributed by atoms with E-state index in [1.807, 2.05) is 24.4 Å². The molecule has 1 aliphatic carbocycles. The van der Waals surface area contributed by atoms with Crippen molar-refractivity contribution >= 4 is 33.9 Å². The Morgan fingerprint density at radius 3 is 2.23 bits per heavy atom.